The van der Waals surface area contributed by atoms with Crippen molar-refractivity contribution in [1.82, 2.24) is 15.1 Å². The first kappa shape index (κ1) is 15.0. The molecule has 0 bridgehead atoms. The highest BCUT2D eigenvalue weighted by Crippen LogP contribution is 2.26. The Balaban J connectivity index is 2.41. The SMILES string of the molecule is CNCCCc1c(C)nn(-c2c(F)cccc2Cl)c1C. The number of aromatic nitrogens is 2. The minimum absolute atomic E-state index is 0.328. The van der Waals surface area contributed by atoms with Crippen molar-refractivity contribution in [2.24, 2.45) is 0 Å². The molecule has 0 radical (unpaired) electrons. The Morgan fingerprint density at radius 2 is 2.10 bits per heavy atom. The summed E-state index contributed by atoms with van der Waals surface area (Å²) in [5.41, 5.74) is 3.37. The second-order valence-electron chi connectivity index (χ2n) is 4.84. The van der Waals surface area contributed by atoms with Gasteiger partial charge in [-0.15, -0.1) is 0 Å². The van der Waals surface area contributed by atoms with Crippen LogP contribution in [0.2, 0.25) is 5.02 Å². The van der Waals surface area contributed by atoms with Gasteiger partial charge in [0.05, 0.1) is 10.7 Å². The van der Waals surface area contributed by atoms with Crippen LogP contribution in [-0.2, 0) is 6.42 Å². The summed E-state index contributed by atoms with van der Waals surface area (Å²) in [5.74, 6) is -0.357. The fourth-order valence-corrected chi connectivity index (χ4v) is 2.63. The number of nitrogens with one attached hydrogen (secondary N) is 1. The first-order valence-electron chi connectivity index (χ1n) is 6.70. The second kappa shape index (κ2) is 6.37. The Kier molecular flexibility index (Phi) is 4.78. The molecule has 1 aromatic carbocycles. The molecule has 1 aromatic heterocycles. The molecule has 0 aliphatic rings. The topological polar surface area (TPSA) is 29.9 Å². The van der Waals surface area contributed by atoms with Crippen LogP contribution in [0.15, 0.2) is 18.2 Å². The van der Waals surface area contributed by atoms with E-state index in [0.717, 1.165) is 30.8 Å². The van der Waals surface area contributed by atoms with Gasteiger partial charge in [0, 0.05) is 5.69 Å². The van der Waals surface area contributed by atoms with Gasteiger partial charge in [0.25, 0.3) is 0 Å². The van der Waals surface area contributed by atoms with Crippen molar-refractivity contribution >= 4 is 11.6 Å². The van der Waals surface area contributed by atoms with Gasteiger partial charge >= 0.3 is 0 Å². The van der Waals surface area contributed by atoms with Gasteiger partial charge < -0.3 is 5.32 Å². The van der Waals surface area contributed by atoms with Crippen LogP contribution in [0.1, 0.15) is 23.4 Å². The zero-order valence-corrected chi connectivity index (χ0v) is 12.8. The lowest BCUT2D eigenvalue weighted by molar-refractivity contribution is 0.608. The third-order valence-electron chi connectivity index (χ3n) is 3.44. The van der Waals surface area contributed by atoms with E-state index < -0.39 is 0 Å². The molecule has 0 spiro atoms. The molecular weight excluding hydrogens is 277 g/mol. The number of rotatable bonds is 5. The van der Waals surface area contributed by atoms with E-state index in [1.54, 1.807) is 16.8 Å². The predicted molar refractivity (Wildman–Crippen MR) is 80.3 cm³/mol. The van der Waals surface area contributed by atoms with E-state index in [1.807, 2.05) is 20.9 Å². The molecule has 0 aliphatic heterocycles. The molecule has 2 rings (SSSR count). The van der Waals surface area contributed by atoms with Crippen LogP contribution in [0.5, 0.6) is 0 Å². The number of hydrogen-bond donors (Lipinski definition) is 1. The summed E-state index contributed by atoms with van der Waals surface area (Å²) in [7, 11) is 1.93. The van der Waals surface area contributed by atoms with E-state index >= 15 is 0 Å². The Hall–Kier alpha value is -1.39. The van der Waals surface area contributed by atoms with Crippen molar-refractivity contribution < 1.29 is 4.39 Å². The van der Waals surface area contributed by atoms with E-state index in [-0.39, 0.29) is 5.82 Å². The number of halogens is 2. The maximum atomic E-state index is 14.0. The lowest BCUT2D eigenvalue weighted by Gasteiger charge is -2.08. The Morgan fingerprint density at radius 1 is 1.35 bits per heavy atom. The first-order chi connectivity index (χ1) is 9.56. The van der Waals surface area contributed by atoms with Gasteiger partial charge in [-0.3, -0.25) is 0 Å². The highest BCUT2D eigenvalue weighted by Gasteiger charge is 2.17. The number of nitrogens with zero attached hydrogens (tertiary/aromatic N) is 2. The van der Waals surface area contributed by atoms with Crippen molar-refractivity contribution in [3.63, 3.8) is 0 Å². The Bertz CT molecular complexity index is 587. The molecule has 0 fully saturated rings. The maximum Gasteiger partial charge on any atom is 0.150 e. The molecule has 0 saturated heterocycles. The van der Waals surface area contributed by atoms with Gasteiger partial charge in [-0.2, -0.15) is 5.10 Å². The van der Waals surface area contributed by atoms with Crippen LogP contribution in [0.4, 0.5) is 4.39 Å². The van der Waals surface area contributed by atoms with Gasteiger partial charge in [0.1, 0.15) is 11.5 Å². The van der Waals surface area contributed by atoms with E-state index in [2.05, 4.69) is 10.4 Å². The molecule has 0 unspecified atom stereocenters. The van der Waals surface area contributed by atoms with E-state index in [9.17, 15) is 4.39 Å². The van der Waals surface area contributed by atoms with Crippen molar-refractivity contribution in [1.29, 1.82) is 0 Å². The fourth-order valence-electron chi connectivity index (χ4n) is 2.39. The standard InChI is InChI=1S/C15H19ClFN3/c1-10-12(6-5-9-18-3)11(2)20(19-10)15-13(16)7-4-8-14(15)17/h4,7-8,18H,5-6,9H2,1-3H3. The quantitative estimate of drug-likeness (QED) is 0.857. The maximum absolute atomic E-state index is 14.0. The van der Waals surface area contributed by atoms with E-state index in [4.69, 9.17) is 11.6 Å². The molecule has 20 heavy (non-hydrogen) atoms. The van der Waals surface area contributed by atoms with Crippen LogP contribution < -0.4 is 5.32 Å². The normalized spacial score (nSPS) is 11.1. The summed E-state index contributed by atoms with van der Waals surface area (Å²) in [6.45, 7) is 4.86. The zero-order chi connectivity index (χ0) is 14.7. The van der Waals surface area contributed by atoms with Crippen molar-refractivity contribution in [3.05, 3.63) is 46.0 Å². The number of benzene rings is 1. The summed E-state index contributed by atoms with van der Waals surface area (Å²) < 4.78 is 15.6. The summed E-state index contributed by atoms with van der Waals surface area (Å²) >= 11 is 6.11. The van der Waals surface area contributed by atoms with Gasteiger partial charge in [-0.25, -0.2) is 9.07 Å². The molecule has 0 amide bonds. The molecular formula is C15H19ClFN3. The summed E-state index contributed by atoms with van der Waals surface area (Å²) in [4.78, 5) is 0. The number of para-hydroxylation sites is 1. The van der Waals surface area contributed by atoms with Gasteiger partial charge in [-0.05, 0) is 58.0 Å². The lowest BCUT2D eigenvalue weighted by Crippen LogP contribution is -2.09. The average molecular weight is 296 g/mol. The van der Waals surface area contributed by atoms with Gasteiger partial charge in [0.2, 0.25) is 0 Å². The van der Waals surface area contributed by atoms with Crippen molar-refractivity contribution in [2.75, 3.05) is 13.6 Å². The smallest absolute Gasteiger partial charge is 0.150 e. The summed E-state index contributed by atoms with van der Waals surface area (Å²) in [6, 6.07) is 4.68. The Morgan fingerprint density at radius 3 is 2.75 bits per heavy atom. The second-order valence-corrected chi connectivity index (χ2v) is 5.25. The lowest BCUT2D eigenvalue weighted by atomic mass is 10.1. The number of aryl methyl sites for hydroxylation is 1. The van der Waals surface area contributed by atoms with Crippen LogP contribution >= 0.6 is 11.6 Å². The predicted octanol–water partition coefficient (Wildman–Crippen LogP) is 3.43. The van der Waals surface area contributed by atoms with E-state index in [1.165, 1.54) is 11.6 Å². The minimum atomic E-state index is -0.357. The molecule has 1 heterocycles. The van der Waals surface area contributed by atoms with Gasteiger partial charge in [-0.1, -0.05) is 17.7 Å². The third-order valence-corrected chi connectivity index (χ3v) is 3.75. The number of hydrogen-bond acceptors (Lipinski definition) is 2. The highest BCUT2D eigenvalue weighted by molar-refractivity contribution is 6.32. The van der Waals surface area contributed by atoms with Crippen molar-refractivity contribution in [2.45, 2.75) is 26.7 Å². The average Bonchev–Trinajstić information content (AvgIpc) is 2.67. The highest BCUT2D eigenvalue weighted by atomic mass is 35.5. The van der Waals surface area contributed by atoms with Crippen molar-refractivity contribution in [3.8, 4) is 5.69 Å². The molecule has 0 saturated carbocycles. The third kappa shape index (κ3) is 2.86. The molecule has 1 N–H and O–H groups in total. The van der Waals surface area contributed by atoms with Crippen LogP contribution in [0.3, 0.4) is 0 Å². The van der Waals surface area contributed by atoms with Crippen LogP contribution in [0, 0.1) is 19.7 Å². The molecule has 2 aromatic rings. The first-order valence-corrected chi connectivity index (χ1v) is 7.08. The van der Waals surface area contributed by atoms with Crippen LogP contribution in [-0.4, -0.2) is 23.4 Å². The summed E-state index contributed by atoms with van der Waals surface area (Å²) in [6.07, 6.45) is 1.94. The molecule has 5 heteroatoms. The largest absolute Gasteiger partial charge is 0.320 e. The monoisotopic (exact) mass is 295 g/mol. The summed E-state index contributed by atoms with van der Waals surface area (Å²) in [5, 5.41) is 7.95. The zero-order valence-electron chi connectivity index (χ0n) is 12.0. The fraction of sp³-hybridized carbons (Fsp3) is 0.400. The molecule has 3 nitrogen and oxygen atoms in total. The Labute approximate surface area is 123 Å². The van der Waals surface area contributed by atoms with E-state index in [0.29, 0.717) is 10.7 Å². The molecule has 108 valence electrons. The minimum Gasteiger partial charge on any atom is -0.320 e. The van der Waals surface area contributed by atoms with Gasteiger partial charge in [0.15, 0.2) is 0 Å². The van der Waals surface area contributed by atoms with Crippen LogP contribution in [0.25, 0.3) is 5.69 Å². The molecule has 0 atom stereocenters. The molecule has 0 aliphatic carbocycles.